The monoisotopic (exact) mass is 171 g/mol. The van der Waals surface area contributed by atoms with Gasteiger partial charge in [-0.05, 0) is 25.7 Å². The highest BCUT2D eigenvalue weighted by Gasteiger charge is 2.30. The van der Waals surface area contributed by atoms with Crippen LogP contribution in [0, 0.1) is 5.92 Å². The van der Waals surface area contributed by atoms with E-state index in [1.165, 1.54) is 32.1 Å². The molecule has 1 saturated carbocycles. The lowest BCUT2D eigenvalue weighted by atomic mass is 9.77. The standard InChI is InChI=1S/C10H21NO/c1-10(11,8-12-2)9-6-4-3-5-7-9/h9H,3-8,11H2,1-2H3. The molecule has 0 radical (unpaired) electrons. The quantitative estimate of drug-likeness (QED) is 0.704. The van der Waals surface area contributed by atoms with Gasteiger partial charge in [-0.1, -0.05) is 19.3 Å². The minimum atomic E-state index is -0.102. The van der Waals surface area contributed by atoms with E-state index in [4.69, 9.17) is 10.5 Å². The first-order valence-corrected chi connectivity index (χ1v) is 4.94. The zero-order valence-electron chi connectivity index (χ0n) is 8.31. The number of methoxy groups -OCH3 is 1. The van der Waals surface area contributed by atoms with Crippen LogP contribution in [0.15, 0.2) is 0 Å². The minimum Gasteiger partial charge on any atom is -0.383 e. The van der Waals surface area contributed by atoms with Gasteiger partial charge < -0.3 is 10.5 Å². The van der Waals surface area contributed by atoms with Crippen LogP contribution in [0.5, 0.6) is 0 Å². The Kier molecular flexibility index (Phi) is 3.53. The Hall–Kier alpha value is -0.0800. The van der Waals surface area contributed by atoms with Crippen molar-refractivity contribution in [3.05, 3.63) is 0 Å². The van der Waals surface area contributed by atoms with Gasteiger partial charge in [0.15, 0.2) is 0 Å². The summed E-state index contributed by atoms with van der Waals surface area (Å²) >= 11 is 0. The van der Waals surface area contributed by atoms with Crippen molar-refractivity contribution in [3.63, 3.8) is 0 Å². The van der Waals surface area contributed by atoms with Crippen LogP contribution in [0.25, 0.3) is 0 Å². The van der Waals surface area contributed by atoms with Gasteiger partial charge in [-0.3, -0.25) is 0 Å². The number of ether oxygens (including phenoxy) is 1. The molecule has 0 aromatic heterocycles. The number of hydrogen-bond donors (Lipinski definition) is 1. The maximum Gasteiger partial charge on any atom is 0.0642 e. The summed E-state index contributed by atoms with van der Waals surface area (Å²) in [5, 5.41) is 0. The molecule has 0 heterocycles. The molecule has 1 aliphatic carbocycles. The summed E-state index contributed by atoms with van der Waals surface area (Å²) in [5.74, 6) is 0.672. The predicted molar refractivity (Wildman–Crippen MR) is 51.0 cm³/mol. The summed E-state index contributed by atoms with van der Waals surface area (Å²) in [5.41, 5.74) is 6.07. The van der Waals surface area contributed by atoms with E-state index in [-0.39, 0.29) is 5.54 Å². The second kappa shape index (κ2) is 4.24. The fraction of sp³-hybridized carbons (Fsp3) is 1.00. The van der Waals surface area contributed by atoms with E-state index in [1.807, 2.05) is 0 Å². The Morgan fingerprint density at radius 1 is 1.33 bits per heavy atom. The maximum absolute atomic E-state index is 6.18. The molecular weight excluding hydrogens is 150 g/mol. The van der Waals surface area contributed by atoms with Crippen LogP contribution in [0.1, 0.15) is 39.0 Å². The lowest BCUT2D eigenvalue weighted by Crippen LogP contribution is -2.48. The summed E-state index contributed by atoms with van der Waals surface area (Å²) in [7, 11) is 1.73. The number of rotatable bonds is 3. The van der Waals surface area contributed by atoms with Crippen LogP contribution in [-0.2, 0) is 4.74 Å². The third kappa shape index (κ3) is 2.46. The molecule has 1 atom stereocenters. The minimum absolute atomic E-state index is 0.102. The fourth-order valence-electron chi connectivity index (χ4n) is 2.19. The molecule has 0 spiro atoms. The molecule has 2 heteroatoms. The van der Waals surface area contributed by atoms with E-state index in [0.717, 1.165) is 0 Å². The molecule has 12 heavy (non-hydrogen) atoms. The summed E-state index contributed by atoms with van der Waals surface area (Å²) < 4.78 is 5.13. The highest BCUT2D eigenvalue weighted by Crippen LogP contribution is 2.31. The van der Waals surface area contributed by atoms with Gasteiger partial charge in [0, 0.05) is 12.6 Å². The van der Waals surface area contributed by atoms with Crippen molar-refractivity contribution in [2.24, 2.45) is 11.7 Å². The molecule has 0 saturated heterocycles. The van der Waals surface area contributed by atoms with E-state index in [2.05, 4.69) is 6.92 Å². The Morgan fingerprint density at radius 3 is 2.42 bits per heavy atom. The molecular formula is C10H21NO. The van der Waals surface area contributed by atoms with Crippen molar-refractivity contribution >= 4 is 0 Å². The van der Waals surface area contributed by atoms with E-state index >= 15 is 0 Å². The number of hydrogen-bond acceptors (Lipinski definition) is 2. The van der Waals surface area contributed by atoms with Crippen LogP contribution in [-0.4, -0.2) is 19.3 Å². The van der Waals surface area contributed by atoms with Crippen molar-refractivity contribution in [1.82, 2.24) is 0 Å². The van der Waals surface area contributed by atoms with Gasteiger partial charge in [-0.25, -0.2) is 0 Å². The topological polar surface area (TPSA) is 35.2 Å². The Bertz CT molecular complexity index is 128. The third-order valence-electron chi connectivity index (χ3n) is 2.99. The normalized spacial score (nSPS) is 25.2. The predicted octanol–water partition coefficient (Wildman–Crippen LogP) is 1.93. The molecule has 1 unspecified atom stereocenters. The summed E-state index contributed by atoms with van der Waals surface area (Å²) in [6.45, 7) is 2.81. The number of nitrogens with two attached hydrogens (primary N) is 1. The molecule has 2 N–H and O–H groups in total. The third-order valence-corrected chi connectivity index (χ3v) is 2.99. The van der Waals surface area contributed by atoms with Crippen molar-refractivity contribution < 1.29 is 4.74 Å². The zero-order chi connectivity index (χ0) is 9.03. The molecule has 0 aromatic carbocycles. The smallest absolute Gasteiger partial charge is 0.0642 e. The van der Waals surface area contributed by atoms with Crippen LogP contribution < -0.4 is 5.73 Å². The van der Waals surface area contributed by atoms with Crippen LogP contribution in [0.4, 0.5) is 0 Å². The van der Waals surface area contributed by atoms with E-state index in [0.29, 0.717) is 12.5 Å². The maximum atomic E-state index is 6.18. The van der Waals surface area contributed by atoms with Gasteiger partial charge in [0.25, 0.3) is 0 Å². The highest BCUT2D eigenvalue weighted by molar-refractivity contribution is 4.88. The molecule has 1 rings (SSSR count). The molecule has 0 aliphatic heterocycles. The van der Waals surface area contributed by atoms with Gasteiger partial charge in [0.1, 0.15) is 0 Å². The largest absolute Gasteiger partial charge is 0.383 e. The Balaban J connectivity index is 2.41. The molecule has 0 aromatic rings. The first-order chi connectivity index (χ1) is 5.67. The lowest BCUT2D eigenvalue weighted by molar-refractivity contribution is 0.0899. The fourth-order valence-corrected chi connectivity index (χ4v) is 2.19. The molecule has 2 nitrogen and oxygen atoms in total. The molecule has 1 aliphatic rings. The van der Waals surface area contributed by atoms with Crippen molar-refractivity contribution in [2.45, 2.75) is 44.6 Å². The summed E-state index contributed by atoms with van der Waals surface area (Å²) in [4.78, 5) is 0. The average molecular weight is 171 g/mol. The molecule has 1 fully saturated rings. The van der Waals surface area contributed by atoms with Crippen LogP contribution >= 0.6 is 0 Å². The summed E-state index contributed by atoms with van der Waals surface area (Å²) in [6.07, 6.45) is 6.66. The van der Waals surface area contributed by atoms with Gasteiger partial charge >= 0.3 is 0 Å². The van der Waals surface area contributed by atoms with Crippen molar-refractivity contribution in [3.8, 4) is 0 Å². The van der Waals surface area contributed by atoms with Gasteiger partial charge in [0.2, 0.25) is 0 Å². The molecule has 0 bridgehead atoms. The van der Waals surface area contributed by atoms with E-state index in [9.17, 15) is 0 Å². The summed E-state index contributed by atoms with van der Waals surface area (Å²) in [6, 6.07) is 0. The molecule has 0 amide bonds. The Morgan fingerprint density at radius 2 is 1.92 bits per heavy atom. The average Bonchev–Trinajstić information content (AvgIpc) is 2.06. The van der Waals surface area contributed by atoms with Gasteiger partial charge in [0.05, 0.1) is 6.61 Å². The van der Waals surface area contributed by atoms with E-state index in [1.54, 1.807) is 7.11 Å². The SMILES string of the molecule is COCC(C)(N)C1CCCCC1. The second-order valence-corrected chi connectivity index (χ2v) is 4.27. The van der Waals surface area contributed by atoms with Gasteiger partial charge in [-0.15, -0.1) is 0 Å². The van der Waals surface area contributed by atoms with Gasteiger partial charge in [-0.2, -0.15) is 0 Å². The zero-order valence-corrected chi connectivity index (χ0v) is 8.31. The first kappa shape index (κ1) is 10.0. The lowest BCUT2D eigenvalue weighted by Gasteiger charge is -2.36. The van der Waals surface area contributed by atoms with Crippen LogP contribution in [0.3, 0.4) is 0 Å². The highest BCUT2D eigenvalue weighted by atomic mass is 16.5. The van der Waals surface area contributed by atoms with Crippen molar-refractivity contribution in [2.75, 3.05) is 13.7 Å². The first-order valence-electron chi connectivity index (χ1n) is 4.94. The molecule has 72 valence electrons. The van der Waals surface area contributed by atoms with Crippen molar-refractivity contribution in [1.29, 1.82) is 0 Å². The van der Waals surface area contributed by atoms with Crippen LogP contribution in [0.2, 0.25) is 0 Å². The Labute approximate surface area is 75.5 Å². The van der Waals surface area contributed by atoms with E-state index < -0.39 is 0 Å². The second-order valence-electron chi connectivity index (χ2n) is 4.27.